The molecule has 2 aromatic rings. The molecule has 0 unspecified atom stereocenters. The van der Waals surface area contributed by atoms with Gasteiger partial charge in [-0.15, -0.1) is 0 Å². The van der Waals surface area contributed by atoms with Crippen LogP contribution in [0.15, 0.2) is 59.7 Å². The lowest BCUT2D eigenvalue weighted by Crippen LogP contribution is -1.98. The Hall–Kier alpha value is -2.41. The topological polar surface area (TPSA) is 17.1 Å². The van der Waals surface area contributed by atoms with E-state index in [-0.39, 0.29) is 11.7 Å². The molecule has 1 heteroatoms. The number of rotatable bonds is 2. The molecule has 1 atom stereocenters. The minimum absolute atomic E-state index is 0.193. The van der Waals surface area contributed by atoms with Crippen LogP contribution in [0, 0.1) is 19.8 Å². The summed E-state index contributed by atoms with van der Waals surface area (Å²) in [6.07, 6.45) is 4.90. The van der Waals surface area contributed by atoms with Crippen LogP contribution in [0.25, 0.3) is 12.2 Å². The Morgan fingerprint density at radius 1 is 0.826 bits per heavy atom. The number of carbonyl (C=O) groups excluding carboxylic acids is 1. The molecule has 0 spiro atoms. The third-order valence-corrected chi connectivity index (χ3v) is 4.43. The zero-order valence-electron chi connectivity index (χ0n) is 14.0. The van der Waals surface area contributed by atoms with Gasteiger partial charge in [-0.05, 0) is 49.5 Å². The van der Waals surface area contributed by atoms with Gasteiger partial charge in [0.1, 0.15) is 0 Å². The fourth-order valence-corrected chi connectivity index (χ4v) is 2.98. The first-order chi connectivity index (χ1) is 11.0. The number of hydrogen-bond acceptors (Lipinski definition) is 1. The normalized spacial score (nSPS) is 21.3. The highest BCUT2D eigenvalue weighted by atomic mass is 16.1. The predicted octanol–water partition coefficient (Wildman–Crippen LogP) is 5.38. The van der Waals surface area contributed by atoms with Crippen molar-refractivity contribution in [2.24, 2.45) is 5.92 Å². The van der Waals surface area contributed by atoms with Gasteiger partial charge < -0.3 is 0 Å². The molecule has 1 fully saturated rings. The third-order valence-electron chi connectivity index (χ3n) is 4.43. The number of hydrogen-bond donors (Lipinski definition) is 0. The van der Waals surface area contributed by atoms with E-state index in [9.17, 15) is 4.79 Å². The maximum absolute atomic E-state index is 12.7. The molecule has 0 N–H and O–H groups in total. The van der Waals surface area contributed by atoms with Crippen molar-refractivity contribution in [1.29, 1.82) is 0 Å². The first kappa shape index (κ1) is 15.5. The summed E-state index contributed by atoms with van der Waals surface area (Å²) in [4.78, 5) is 12.7. The van der Waals surface area contributed by atoms with E-state index >= 15 is 0 Å². The Bertz CT molecular complexity index is 774. The van der Waals surface area contributed by atoms with Crippen molar-refractivity contribution in [3.8, 4) is 0 Å². The van der Waals surface area contributed by atoms with E-state index < -0.39 is 0 Å². The molecule has 0 radical (unpaired) electrons. The summed E-state index contributed by atoms with van der Waals surface area (Å²) in [5, 5.41) is 0. The summed E-state index contributed by atoms with van der Waals surface area (Å²) in [5.74, 6) is 0.471. The standard InChI is InChI=1S/C22H22O/c1-15-4-8-18(9-5-15)13-20-12-17(3)21(22(20)23)14-19-10-6-16(2)7-11-19/h4-11,13-14,17H,12H2,1-3H3/b20-13+,21-14+/t17-/m1/s1. The van der Waals surface area contributed by atoms with Gasteiger partial charge in [0.25, 0.3) is 0 Å². The van der Waals surface area contributed by atoms with E-state index in [0.29, 0.717) is 0 Å². The molecule has 116 valence electrons. The van der Waals surface area contributed by atoms with Crippen molar-refractivity contribution >= 4 is 17.9 Å². The molecule has 0 heterocycles. The van der Waals surface area contributed by atoms with Crippen LogP contribution < -0.4 is 0 Å². The average molecular weight is 302 g/mol. The summed E-state index contributed by atoms with van der Waals surface area (Å²) < 4.78 is 0. The fourth-order valence-electron chi connectivity index (χ4n) is 2.98. The molecule has 23 heavy (non-hydrogen) atoms. The molecule has 1 aliphatic carbocycles. The minimum atomic E-state index is 0.193. The van der Waals surface area contributed by atoms with E-state index in [4.69, 9.17) is 0 Å². The molecule has 3 rings (SSSR count). The van der Waals surface area contributed by atoms with E-state index in [1.165, 1.54) is 11.1 Å². The second-order valence-electron chi connectivity index (χ2n) is 6.52. The first-order valence-corrected chi connectivity index (χ1v) is 8.13. The minimum Gasteiger partial charge on any atom is -0.289 e. The maximum Gasteiger partial charge on any atom is 0.185 e. The van der Waals surface area contributed by atoms with Crippen LogP contribution in [0.1, 0.15) is 35.6 Å². The summed E-state index contributed by atoms with van der Waals surface area (Å²) in [7, 11) is 0. The van der Waals surface area contributed by atoms with Crippen LogP contribution in [0.2, 0.25) is 0 Å². The molecule has 0 bridgehead atoms. The van der Waals surface area contributed by atoms with Crippen LogP contribution in [0.4, 0.5) is 0 Å². The van der Waals surface area contributed by atoms with Crippen LogP contribution in [0.3, 0.4) is 0 Å². The Morgan fingerprint density at radius 2 is 1.30 bits per heavy atom. The van der Waals surface area contributed by atoms with Gasteiger partial charge in [-0.1, -0.05) is 66.6 Å². The van der Waals surface area contributed by atoms with Crippen molar-refractivity contribution in [1.82, 2.24) is 0 Å². The summed E-state index contributed by atoms with van der Waals surface area (Å²) >= 11 is 0. The van der Waals surface area contributed by atoms with Crippen molar-refractivity contribution < 1.29 is 4.79 Å². The number of allylic oxidation sites excluding steroid dienone is 2. The molecule has 0 amide bonds. The fraction of sp³-hybridized carbons (Fsp3) is 0.227. The van der Waals surface area contributed by atoms with E-state index in [1.54, 1.807) is 0 Å². The van der Waals surface area contributed by atoms with Gasteiger partial charge in [0.05, 0.1) is 0 Å². The lowest BCUT2D eigenvalue weighted by molar-refractivity contribution is -0.111. The Balaban J connectivity index is 1.89. The lowest BCUT2D eigenvalue weighted by atomic mass is 10.0. The van der Waals surface area contributed by atoms with Crippen molar-refractivity contribution in [3.05, 3.63) is 81.9 Å². The van der Waals surface area contributed by atoms with Crippen LogP contribution in [-0.4, -0.2) is 5.78 Å². The van der Waals surface area contributed by atoms with Gasteiger partial charge in [-0.25, -0.2) is 0 Å². The zero-order valence-corrected chi connectivity index (χ0v) is 14.0. The van der Waals surface area contributed by atoms with E-state index in [0.717, 1.165) is 28.7 Å². The van der Waals surface area contributed by atoms with Crippen LogP contribution >= 0.6 is 0 Å². The molecule has 1 saturated carbocycles. The van der Waals surface area contributed by atoms with Gasteiger partial charge in [0, 0.05) is 11.1 Å². The van der Waals surface area contributed by atoms with Crippen molar-refractivity contribution in [2.75, 3.05) is 0 Å². The lowest BCUT2D eigenvalue weighted by Gasteiger charge is -2.02. The molecule has 1 aliphatic rings. The van der Waals surface area contributed by atoms with Gasteiger partial charge in [-0.3, -0.25) is 4.79 Å². The number of carbonyl (C=O) groups is 1. The molecule has 0 aromatic heterocycles. The number of ketones is 1. The van der Waals surface area contributed by atoms with Crippen molar-refractivity contribution in [2.45, 2.75) is 27.2 Å². The number of Topliss-reactive ketones (excluding diaryl/α,β-unsaturated/α-hetero) is 1. The summed E-state index contributed by atoms with van der Waals surface area (Å²) in [5.41, 5.74) is 6.51. The number of benzene rings is 2. The molecular formula is C22H22O. The molecule has 0 saturated heterocycles. The molecular weight excluding hydrogens is 280 g/mol. The Labute approximate surface area is 138 Å². The molecule has 1 nitrogen and oxygen atoms in total. The monoisotopic (exact) mass is 302 g/mol. The first-order valence-electron chi connectivity index (χ1n) is 8.13. The Kier molecular flexibility index (Phi) is 4.29. The highest BCUT2D eigenvalue weighted by molar-refractivity contribution is 6.16. The van der Waals surface area contributed by atoms with Crippen LogP contribution in [0.5, 0.6) is 0 Å². The quantitative estimate of drug-likeness (QED) is 0.681. The van der Waals surface area contributed by atoms with Gasteiger partial charge in [-0.2, -0.15) is 0 Å². The van der Waals surface area contributed by atoms with Gasteiger partial charge in [0.15, 0.2) is 5.78 Å². The van der Waals surface area contributed by atoms with E-state index in [1.807, 2.05) is 12.2 Å². The third kappa shape index (κ3) is 3.50. The highest BCUT2D eigenvalue weighted by Gasteiger charge is 2.29. The predicted molar refractivity (Wildman–Crippen MR) is 97.1 cm³/mol. The number of aryl methyl sites for hydroxylation is 2. The van der Waals surface area contributed by atoms with Crippen LogP contribution in [-0.2, 0) is 4.79 Å². The summed E-state index contributed by atoms with van der Waals surface area (Å²) in [6.45, 7) is 6.28. The SMILES string of the molecule is Cc1ccc(/C=C2\C[C@@H](C)/C(=C\c3ccc(C)cc3)C2=O)cc1. The van der Waals surface area contributed by atoms with Gasteiger partial charge >= 0.3 is 0 Å². The second kappa shape index (κ2) is 6.37. The molecule has 0 aliphatic heterocycles. The van der Waals surface area contributed by atoms with Gasteiger partial charge in [0.2, 0.25) is 0 Å². The largest absolute Gasteiger partial charge is 0.289 e. The maximum atomic E-state index is 12.7. The average Bonchev–Trinajstić information content (AvgIpc) is 2.79. The van der Waals surface area contributed by atoms with E-state index in [2.05, 4.69) is 69.3 Å². The summed E-state index contributed by atoms with van der Waals surface area (Å²) in [6, 6.07) is 16.6. The second-order valence-corrected chi connectivity index (χ2v) is 6.52. The Morgan fingerprint density at radius 3 is 1.83 bits per heavy atom. The molecule has 2 aromatic carbocycles. The zero-order chi connectivity index (χ0) is 16.4. The highest BCUT2D eigenvalue weighted by Crippen LogP contribution is 2.34. The smallest absolute Gasteiger partial charge is 0.185 e. The van der Waals surface area contributed by atoms with Crippen molar-refractivity contribution in [3.63, 3.8) is 0 Å².